The average molecular weight is 409 g/mol. The Morgan fingerprint density at radius 3 is 2.83 bits per heavy atom. The van der Waals surface area contributed by atoms with Gasteiger partial charge in [-0.3, -0.25) is 9.59 Å². The standard InChI is InChI=1S/C23H20FNO5/c1-28-15-5-2-4-13(10-15)20-19-21(26)17-11-14(24)7-8-18(17)30-22(19)23(27)25(20)12-16-6-3-9-29-16/h2,4-5,7-8,10-11,16,20H,3,6,9,12H2,1H3/t16-,20-/m1/s1. The number of nitrogens with zero attached hydrogens (tertiary/aromatic N) is 1. The van der Waals surface area contributed by atoms with Crippen molar-refractivity contribution in [1.29, 1.82) is 0 Å². The number of halogens is 1. The summed E-state index contributed by atoms with van der Waals surface area (Å²) >= 11 is 0. The van der Waals surface area contributed by atoms with E-state index >= 15 is 0 Å². The van der Waals surface area contributed by atoms with Crippen molar-refractivity contribution < 1.29 is 23.1 Å². The number of ether oxygens (including phenoxy) is 2. The number of rotatable bonds is 4. The number of hydrogen-bond acceptors (Lipinski definition) is 5. The molecule has 5 rings (SSSR count). The summed E-state index contributed by atoms with van der Waals surface area (Å²) in [5.41, 5.74) is 0.741. The Morgan fingerprint density at radius 2 is 2.07 bits per heavy atom. The Bertz CT molecular complexity index is 1200. The van der Waals surface area contributed by atoms with Crippen LogP contribution in [0.4, 0.5) is 4.39 Å². The number of hydrogen-bond donors (Lipinski definition) is 0. The molecule has 3 heterocycles. The minimum Gasteiger partial charge on any atom is -0.497 e. The van der Waals surface area contributed by atoms with Gasteiger partial charge in [-0.15, -0.1) is 0 Å². The minimum absolute atomic E-state index is 0.00456. The van der Waals surface area contributed by atoms with Crippen molar-refractivity contribution in [3.8, 4) is 5.75 Å². The Morgan fingerprint density at radius 1 is 1.20 bits per heavy atom. The molecule has 154 valence electrons. The van der Waals surface area contributed by atoms with Gasteiger partial charge in [0, 0.05) is 13.2 Å². The molecule has 0 aliphatic carbocycles. The van der Waals surface area contributed by atoms with Crippen molar-refractivity contribution in [3.05, 3.63) is 75.4 Å². The number of carbonyl (C=O) groups is 1. The molecule has 1 saturated heterocycles. The molecule has 0 unspecified atom stereocenters. The lowest BCUT2D eigenvalue weighted by Crippen LogP contribution is -2.36. The van der Waals surface area contributed by atoms with Crippen LogP contribution in [0.5, 0.6) is 5.75 Å². The first kappa shape index (κ1) is 18.8. The van der Waals surface area contributed by atoms with E-state index in [-0.39, 0.29) is 34.3 Å². The van der Waals surface area contributed by atoms with Crippen molar-refractivity contribution >= 4 is 16.9 Å². The van der Waals surface area contributed by atoms with Crippen LogP contribution in [0.3, 0.4) is 0 Å². The predicted molar refractivity (Wildman–Crippen MR) is 107 cm³/mol. The van der Waals surface area contributed by atoms with Gasteiger partial charge in [-0.05, 0) is 48.7 Å². The fourth-order valence-electron chi connectivity index (χ4n) is 4.35. The third-order valence-corrected chi connectivity index (χ3v) is 5.76. The largest absolute Gasteiger partial charge is 0.497 e. The maximum atomic E-state index is 13.8. The molecule has 2 aliphatic rings. The van der Waals surface area contributed by atoms with E-state index in [9.17, 15) is 14.0 Å². The molecule has 0 radical (unpaired) electrons. The zero-order valence-electron chi connectivity index (χ0n) is 16.4. The van der Waals surface area contributed by atoms with E-state index in [0.717, 1.165) is 24.5 Å². The van der Waals surface area contributed by atoms with Gasteiger partial charge in [-0.2, -0.15) is 0 Å². The number of benzene rings is 2. The summed E-state index contributed by atoms with van der Waals surface area (Å²) in [7, 11) is 1.56. The molecule has 0 saturated carbocycles. The van der Waals surface area contributed by atoms with Gasteiger partial charge in [0.15, 0.2) is 5.43 Å². The molecule has 6 nitrogen and oxygen atoms in total. The van der Waals surface area contributed by atoms with Gasteiger partial charge < -0.3 is 18.8 Å². The summed E-state index contributed by atoms with van der Waals surface area (Å²) in [6.45, 7) is 0.999. The maximum absolute atomic E-state index is 13.8. The molecule has 7 heteroatoms. The summed E-state index contributed by atoms with van der Waals surface area (Å²) in [5, 5.41) is 0.119. The highest BCUT2D eigenvalue weighted by molar-refractivity contribution is 5.99. The minimum atomic E-state index is -0.657. The van der Waals surface area contributed by atoms with Gasteiger partial charge in [0.2, 0.25) is 5.76 Å². The molecule has 1 amide bonds. The number of methoxy groups -OCH3 is 1. The third kappa shape index (κ3) is 2.97. The molecule has 1 aromatic heterocycles. The zero-order chi connectivity index (χ0) is 20.8. The van der Waals surface area contributed by atoms with Crippen molar-refractivity contribution in [3.63, 3.8) is 0 Å². The van der Waals surface area contributed by atoms with Crippen LogP contribution in [0.15, 0.2) is 51.7 Å². The van der Waals surface area contributed by atoms with Crippen LogP contribution in [0, 0.1) is 5.82 Å². The van der Waals surface area contributed by atoms with Gasteiger partial charge in [-0.25, -0.2) is 4.39 Å². The van der Waals surface area contributed by atoms with Gasteiger partial charge in [0.1, 0.15) is 17.1 Å². The first-order valence-electron chi connectivity index (χ1n) is 9.89. The molecule has 30 heavy (non-hydrogen) atoms. The van der Waals surface area contributed by atoms with Crippen LogP contribution >= 0.6 is 0 Å². The molecule has 2 aromatic carbocycles. The van der Waals surface area contributed by atoms with Gasteiger partial charge >= 0.3 is 0 Å². The van der Waals surface area contributed by atoms with Gasteiger partial charge in [0.05, 0.1) is 30.2 Å². The van der Waals surface area contributed by atoms with Crippen molar-refractivity contribution in [2.45, 2.75) is 25.0 Å². The maximum Gasteiger partial charge on any atom is 0.291 e. The first-order valence-corrected chi connectivity index (χ1v) is 9.89. The first-order chi connectivity index (χ1) is 14.6. The summed E-state index contributed by atoms with van der Waals surface area (Å²) < 4.78 is 30.7. The van der Waals surface area contributed by atoms with Crippen LogP contribution in [-0.2, 0) is 4.74 Å². The molecule has 2 atom stereocenters. The SMILES string of the molecule is COc1cccc([C@@H]2c3c(oc4ccc(F)cc4c3=O)C(=O)N2C[C@H]2CCCO2)c1. The summed E-state index contributed by atoms with van der Waals surface area (Å²) in [5.74, 6) is -0.281. The Balaban J connectivity index is 1.71. The molecule has 0 N–H and O–H groups in total. The number of carbonyl (C=O) groups excluding carboxylic acids is 1. The third-order valence-electron chi connectivity index (χ3n) is 5.76. The number of amides is 1. The van der Waals surface area contributed by atoms with E-state index in [4.69, 9.17) is 13.9 Å². The van der Waals surface area contributed by atoms with E-state index in [2.05, 4.69) is 0 Å². The van der Waals surface area contributed by atoms with Crippen molar-refractivity contribution in [1.82, 2.24) is 4.90 Å². The van der Waals surface area contributed by atoms with Crippen molar-refractivity contribution in [2.24, 2.45) is 0 Å². The van der Waals surface area contributed by atoms with Crippen LogP contribution in [0.1, 0.15) is 40.6 Å². The second kappa shape index (κ2) is 7.25. The van der Waals surface area contributed by atoms with E-state index in [1.54, 1.807) is 24.1 Å². The lowest BCUT2D eigenvalue weighted by Gasteiger charge is -2.27. The summed E-state index contributed by atoms with van der Waals surface area (Å²) in [6, 6.07) is 10.3. The monoisotopic (exact) mass is 409 g/mol. The lowest BCUT2D eigenvalue weighted by molar-refractivity contribution is 0.0486. The predicted octanol–water partition coefficient (Wildman–Crippen LogP) is 3.66. The van der Waals surface area contributed by atoms with Crippen LogP contribution < -0.4 is 10.2 Å². The Hall–Kier alpha value is -3.19. The van der Waals surface area contributed by atoms with E-state index < -0.39 is 17.3 Å². The van der Waals surface area contributed by atoms with Gasteiger partial charge in [0.25, 0.3) is 5.91 Å². The lowest BCUT2D eigenvalue weighted by atomic mass is 9.98. The van der Waals surface area contributed by atoms with E-state index in [0.29, 0.717) is 18.9 Å². The van der Waals surface area contributed by atoms with E-state index in [1.807, 2.05) is 12.1 Å². The smallest absolute Gasteiger partial charge is 0.291 e. The molecule has 0 bridgehead atoms. The second-order valence-corrected chi connectivity index (χ2v) is 7.59. The fourth-order valence-corrected chi connectivity index (χ4v) is 4.35. The normalized spacial score (nSPS) is 20.7. The van der Waals surface area contributed by atoms with Gasteiger partial charge in [-0.1, -0.05) is 12.1 Å². The molecule has 1 fully saturated rings. The number of fused-ring (bicyclic) bond motifs is 2. The van der Waals surface area contributed by atoms with Crippen LogP contribution in [-0.4, -0.2) is 37.2 Å². The Labute approximate surface area is 171 Å². The topological polar surface area (TPSA) is 69.0 Å². The quantitative estimate of drug-likeness (QED) is 0.658. The van der Waals surface area contributed by atoms with Crippen LogP contribution in [0.25, 0.3) is 11.0 Å². The highest BCUT2D eigenvalue weighted by atomic mass is 19.1. The second-order valence-electron chi connectivity index (χ2n) is 7.59. The molecule has 0 spiro atoms. The molecular formula is C23H20FNO5. The molecule has 3 aromatic rings. The zero-order valence-corrected chi connectivity index (χ0v) is 16.4. The van der Waals surface area contributed by atoms with E-state index in [1.165, 1.54) is 12.1 Å². The summed E-state index contributed by atoms with van der Waals surface area (Å²) in [4.78, 5) is 28.3. The molecular weight excluding hydrogens is 389 g/mol. The highest BCUT2D eigenvalue weighted by Crippen LogP contribution is 2.39. The highest BCUT2D eigenvalue weighted by Gasteiger charge is 2.44. The molecule has 2 aliphatic heterocycles. The average Bonchev–Trinajstić information content (AvgIpc) is 3.36. The van der Waals surface area contributed by atoms with Crippen LogP contribution in [0.2, 0.25) is 0 Å². The Kier molecular flexibility index (Phi) is 4.55. The summed E-state index contributed by atoms with van der Waals surface area (Å²) in [6.07, 6.45) is 1.68. The fraction of sp³-hybridized carbons (Fsp3) is 0.304. The van der Waals surface area contributed by atoms with Crippen molar-refractivity contribution in [2.75, 3.05) is 20.3 Å².